The zero-order chi connectivity index (χ0) is 19.4. The van der Waals surface area contributed by atoms with Gasteiger partial charge in [-0.2, -0.15) is 0 Å². The maximum atomic E-state index is 3.54. The summed E-state index contributed by atoms with van der Waals surface area (Å²) in [5, 5.41) is 2.67. The fourth-order valence-corrected chi connectivity index (χ4v) is 2.83. The molecule has 0 aliphatic carbocycles. The Bertz CT molecular complexity index is 739. The van der Waals surface area contributed by atoms with Gasteiger partial charge in [-0.3, -0.25) is 0 Å². The van der Waals surface area contributed by atoms with E-state index in [1.54, 1.807) is 0 Å². The number of benzene rings is 2. The van der Waals surface area contributed by atoms with Crippen LogP contribution in [0.15, 0.2) is 36.4 Å². The van der Waals surface area contributed by atoms with Crippen molar-refractivity contribution in [1.29, 1.82) is 0 Å². The van der Waals surface area contributed by atoms with Gasteiger partial charge in [0.15, 0.2) is 0 Å². The number of aromatic nitrogens is 1. The van der Waals surface area contributed by atoms with Gasteiger partial charge in [-0.1, -0.05) is 81.4 Å². The molecule has 0 unspecified atom stereocenters. The van der Waals surface area contributed by atoms with Gasteiger partial charge in [-0.05, 0) is 46.2 Å². The van der Waals surface area contributed by atoms with Crippen molar-refractivity contribution in [2.24, 2.45) is 0 Å². The zero-order valence-electron chi connectivity index (χ0n) is 18.0. The van der Waals surface area contributed by atoms with E-state index in [-0.39, 0.29) is 10.8 Å². The predicted octanol–water partition coefficient (Wildman–Crippen LogP) is 7.97. The molecule has 25 heavy (non-hydrogen) atoms. The van der Waals surface area contributed by atoms with Gasteiger partial charge >= 0.3 is 0 Å². The third-order valence-corrected chi connectivity index (χ3v) is 4.33. The van der Waals surface area contributed by atoms with Crippen molar-refractivity contribution in [1.82, 2.24) is 4.98 Å². The lowest BCUT2D eigenvalue weighted by Gasteiger charge is -2.19. The first-order valence-electron chi connectivity index (χ1n) is 9.73. The zero-order valence-corrected chi connectivity index (χ0v) is 18.0. The first-order chi connectivity index (χ1) is 11.7. The summed E-state index contributed by atoms with van der Waals surface area (Å²) in [7, 11) is 0. The molecule has 1 aromatic heterocycles. The molecule has 2 aromatic carbocycles. The molecular formula is C24H37N. The molecule has 0 atom stereocenters. The van der Waals surface area contributed by atoms with Gasteiger partial charge in [0.25, 0.3) is 0 Å². The van der Waals surface area contributed by atoms with Crippen LogP contribution in [0, 0.1) is 0 Å². The number of H-pyrrole nitrogens is 1. The Morgan fingerprint density at radius 3 is 1.16 bits per heavy atom. The average molecular weight is 340 g/mol. The molecule has 1 nitrogen and oxygen atoms in total. The van der Waals surface area contributed by atoms with E-state index in [2.05, 4.69) is 82.9 Å². The standard InChI is InChI=1S/C20H25N.2C2H6/c1-19(2,3)13-7-9-17-15(11-13)16-12-14(20(4,5)6)8-10-18(16)21-17;2*1-2/h7-12,21H,1-6H3;2*1-2H3. The summed E-state index contributed by atoms with van der Waals surface area (Å²) < 4.78 is 0. The van der Waals surface area contributed by atoms with Crippen molar-refractivity contribution in [3.05, 3.63) is 47.5 Å². The summed E-state index contributed by atoms with van der Waals surface area (Å²) >= 11 is 0. The Hall–Kier alpha value is -1.76. The minimum atomic E-state index is 0.180. The molecular weight excluding hydrogens is 302 g/mol. The van der Waals surface area contributed by atoms with Crippen molar-refractivity contribution in [2.75, 3.05) is 0 Å². The van der Waals surface area contributed by atoms with E-state index in [9.17, 15) is 0 Å². The van der Waals surface area contributed by atoms with Gasteiger partial charge in [0.05, 0.1) is 0 Å². The summed E-state index contributed by atoms with van der Waals surface area (Å²) in [6, 6.07) is 13.6. The number of hydrogen-bond acceptors (Lipinski definition) is 0. The third kappa shape index (κ3) is 4.66. The van der Waals surface area contributed by atoms with E-state index < -0.39 is 0 Å². The molecule has 3 rings (SSSR count). The van der Waals surface area contributed by atoms with Gasteiger partial charge in [-0.25, -0.2) is 0 Å². The molecule has 138 valence electrons. The second kappa shape index (κ2) is 8.08. The molecule has 0 aliphatic rings. The van der Waals surface area contributed by atoms with E-state index in [0.29, 0.717) is 0 Å². The maximum absolute atomic E-state index is 3.54. The quantitative estimate of drug-likeness (QED) is 0.427. The predicted molar refractivity (Wildman–Crippen MR) is 116 cm³/mol. The second-order valence-electron chi connectivity index (χ2n) is 8.15. The highest BCUT2D eigenvalue weighted by Gasteiger charge is 2.17. The van der Waals surface area contributed by atoms with Crippen molar-refractivity contribution in [3.63, 3.8) is 0 Å². The van der Waals surface area contributed by atoms with E-state index in [0.717, 1.165) is 0 Å². The average Bonchev–Trinajstić information content (AvgIpc) is 2.94. The lowest BCUT2D eigenvalue weighted by molar-refractivity contribution is 0.590. The number of aromatic amines is 1. The largest absolute Gasteiger partial charge is 0.355 e. The minimum Gasteiger partial charge on any atom is -0.355 e. The van der Waals surface area contributed by atoms with Crippen molar-refractivity contribution in [3.8, 4) is 0 Å². The van der Waals surface area contributed by atoms with E-state index in [1.165, 1.54) is 32.9 Å². The molecule has 0 saturated carbocycles. The molecule has 0 saturated heterocycles. The highest BCUT2D eigenvalue weighted by Crippen LogP contribution is 2.33. The number of rotatable bonds is 0. The Labute approximate surface area is 154 Å². The molecule has 1 heteroatoms. The molecule has 0 aliphatic heterocycles. The Morgan fingerprint density at radius 1 is 0.560 bits per heavy atom. The lowest BCUT2D eigenvalue weighted by Crippen LogP contribution is -2.10. The molecule has 0 amide bonds. The van der Waals surface area contributed by atoms with Gasteiger partial charge in [0, 0.05) is 21.8 Å². The lowest BCUT2D eigenvalue weighted by atomic mass is 9.85. The molecule has 0 radical (unpaired) electrons. The summed E-state index contributed by atoms with van der Waals surface area (Å²) in [6.45, 7) is 21.6. The van der Waals surface area contributed by atoms with Gasteiger partial charge in [0.1, 0.15) is 0 Å². The molecule has 0 spiro atoms. The Balaban J connectivity index is 0.000000730. The Kier molecular flexibility index (Phi) is 6.88. The second-order valence-corrected chi connectivity index (χ2v) is 8.15. The summed E-state index contributed by atoms with van der Waals surface area (Å²) in [5.74, 6) is 0. The van der Waals surface area contributed by atoms with Crippen LogP contribution in [0.1, 0.15) is 80.4 Å². The number of nitrogens with one attached hydrogen (secondary N) is 1. The van der Waals surface area contributed by atoms with E-state index in [4.69, 9.17) is 0 Å². The summed E-state index contributed by atoms with van der Waals surface area (Å²) in [5.41, 5.74) is 5.58. The van der Waals surface area contributed by atoms with Crippen LogP contribution in [0.25, 0.3) is 21.8 Å². The third-order valence-electron chi connectivity index (χ3n) is 4.33. The fourth-order valence-electron chi connectivity index (χ4n) is 2.83. The van der Waals surface area contributed by atoms with Crippen LogP contribution >= 0.6 is 0 Å². The van der Waals surface area contributed by atoms with Crippen molar-refractivity contribution in [2.45, 2.75) is 80.1 Å². The smallest absolute Gasteiger partial charge is 0.0465 e. The van der Waals surface area contributed by atoms with Crippen LogP contribution in [-0.2, 0) is 10.8 Å². The topological polar surface area (TPSA) is 15.8 Å². The molecule has 0 bridgehead atoms. The van der Waals surface area contributed by atoms with Gasteiger partial charge in [0.2, 0.25) is 0 Å². The van der Waals surface area contributed by atoms with Crippen LogP contribution in [0.4, 0.5) is 0 Å². The van der Waals surface area contributed by atoms with Crippen LogP contribution in [0.5, 0.6) is 0 Å². The first-order valence-corrected chi connectivity index (χ1v) is 9.73. The van der Waals surface area contributed by atoms with Gasteiger partial charge < -0.3 is 4.98 Å². The molecule has 0 fully saturated rings. The summed E-state index contributed by atoms with van der Waals surface area (Å²) in [6.07, 6.45) is 0. The maximum Gasteiger partial charge on any atom is 0.0465 e. The van der Waals surface area contributed by atoms with Crippen LogP contribution in [-0.4, -0.2) is 4.98 Å². The van der Waals surface area contributed by atoms with Crippen molar-refractivity contribution < 1.29 is 0 Å². The molecule has 3 aromatic rings. The minimum absolute atomic E-state index is 0.180. The number of fused-ring (bicyclic) bond motifs is 3. The Morgan fingerprint density at radius 2 is 0.880 bits per heavy atom. The van der Waals surface area contributed by atoms with Crippen molar-refractivity contribution >= 4 is 21.8 Å². The summed E-state index contributed by atoms with van der Waals surface area (Å²) in [4.78, 5) is 3.54. The molecule has 1 heterocycles. The van der Waals surface area contributed by atoms with E-state index in [1.807, 2.05) is 27.7 Å². The monoisotopic (exact) mass is 339 g/mol. The first kappa shape index (κ1) is 21.3. The van der Waals surface area contributed by atoms with Crippen LogP contribution in [0.2, 0.25) is 0 Å². The fraction of sp³-hybridized carbons (Fsp3) is 0.500. The van der Waals surface area contributed by atoms with E-state index >= 15 is 0 Å². The highest BCUT2D eigenvalue weighted by molar-refractivity contribution is 6.07. The van der Waals surface area contributed by atoms with Crippen LogP contribution in [0.3, 0.4) is 0 Å². The van der Waals surface area contributed by atoms with Gasteiger partial charge in [-0.15, -0.1) is 0 Å². The molecule has 1 N–H and O–H groups in total. The highest BCUT2D eigenvalue weighted by atomic mass is 14.7. The van der Waals surface area contributed by atoms with Crippen LogP contribution < -0.4 is 0 Å². The SMILES string of the molecule is CC.CC.CC(C)(C)c1ccc2[nH]c3ccc(C(C)(C)C)cc3c2c1. The number of hydrogen-bond donors (Lipinski definition) is 1. The normalized spacial score (nSPS) is 11.6.